The summed E-state index contributed by atoms with van der Waals surface area (Å²) in [6, 6.07) is 4.38. The van der Waals surface area contributed by atoms with Crippen molar-refractivity contribution in [2.45, 2.75) is 56.5 Å². The third-order valence-electron chi connectivity index (χ3n) is 5.19. The minimum atomic E-state index is -3.66. The Labute approximate surface area is 149 Å². The molecular formula is C18H26N2O4S. The van der Waals surface area contributed by atoms with Gasteiger partial charge in [-0.2, -0.15) is 0 Å². The fraction of sp³-hybridized carbons (Fsp3) is 0.611. The van der Waals surface area contributed by atoms with Gasteiger partial charge in [0.05, 0.1) is 17.6 Å². The molecule has 25 heavy (non-hydrogen) atoms. The van der Waals surface area contributed by atoms with Gasteiger partial charge in [0.15, 0.2) is 0 Å². The second-order valence-electron chi connectivity index (χ2n) is 7.39. The second-order valence-corrected chi connectivity index (χ2v) is 9.11. The molecule has 0 spiro atoms. The number of nitrogens with one attached hydrogen (secondary N) is 2. The Hall–Kier alpha value is -1.60. The van der Waals surface area contributed by atoms with Crippen LogP contribution in [0.5, 0.6) is 5.75 Å². The minimum Gasteiger partial charge on any atom is -0.496 e. The zero-order valence-corrected chi connectivity index (χ0v) is 15.7. The van der Waals surface area contributed by atoms with Crippen LogP contribution in [0.4, 0.5) is 0 Å². The van der Waals surface area contributed by atoms with E-state index in [0.29, 0.717) is 17.6 Å². The molecule has 2 aliphatic rings. The lowest BCUT2D eigenvalue weighted by Crippen LogP contribution is -2.38. The summed E-state index contributed by atoms with van der Waals surface area (Å²) in [6.07, 6.45) is 4.35. The van der Waals surface area contributed by atoms with Crippen LogP contribution in [0.15, 0.2) is 23.1 Å². The molecule has 138 valence electrons. The highest BCUT2D eigenvalue weighted by Crippen LogP contribution is 2.44. The fourth-order valence-electron chi connectivity index (χ4n) is 4.03. The highest BCUT2D eigenvalue weighted by molar-refractivity contribution is 7.89. The molecule has 1 aromatic rings. The Bertz CT molecular complexity index is 760. The van der Waals surface area contributed by atoms with Crippen molar-refractivity contribution in [1.29, 1.82) is 0 Å². The van der Waals surface area contributed by atoms with Crippen LogP contribution in [0.1, 0.15) is 49.9 Å². The molecule has 2 fully saturated rings. The van der Waals surface area contributed by atoms with Crippen LogP contribution in [-0.4, -0.2) is 33.5 Å². The summed E-state index contributed by atoms with van der Waals surface area (Å²) >= 11 is 0. The molecule has 3 atom stereocenters. The van der Waals surface area contributed by atoms with Crippen LogP contribution in [-0.2, 0) is 10.0 Å². The van der Waals surface area contributed by atoms with Crippen molar-refractivity contribution in [3.63, 3.8) is 0 Å². The maximum absolute atomic E-state index is 12.8. The van der Waals surface area contributed by atoms with Crippen LogP contribution in [0.2, 0.25) is 0 Å². The second kappa shape index (κ2) is 6.96. The predicted molar refractivity (Wildman–Crippen MR) is 95.2 cm³/mol. The van der Waals surface area contributed by atoms with Gasteiger partial charge in [0, 0.05) is 12.1 Å². The number of rotatable bonds is 6. The highest BCUT2D eigenvalue weighted by Gasteiger charge is 2.41. The number of carbonyl (C=O) groups is 1. The molecule has 1 amide bonds. The summed E-state index contributed by atoms with van der Waals surface area (Å²) in [5.41, 5.74) is 0.229. The molecule has 0 heterocycles. The molecule has 1 aromatic carbocycles. The van der Waals surface area contributed by atoms with Gasteiger partial charge >= 0.3 is 0 Å². The van der Waals surface area contributed by atoms with Crippen molar-refractivity contribution in [3.8, 4) is 5.75 Å². The number of methoxy groups -OCH3 is 1. The molecule has 2 aliphatic carbocycles. The number of ether oxygens (including phenoxy) is 1. The lowest BCUT2D eigenvalue weighted by molar-refractivity contribution is 0.0940. The molecule has 2 bridgehead atoms. The van der Waals surface area contributed by atoms with E-state index in [1.165, 1.54) is 31.7 Å². The van der Waals surface area contributed by atoms with Crippen LogP contribution in [0, 0.1) is 11.8 Å². The number of sulfonamides is 1. The topological polar surface area (TPSA) is 84.5 Å². The first kappa shape index (κ1) is 18.2. The number of hydrogen-bond acceptors (Lipinski definition) is 4. The normalized spacial score (nSPS) is 25.4. The van der Waals surface area contributed by atoms with E-state index in [4.69, 9.17) is 4.74 Å². The maximum atomic E-state index is 12.8. The van der Waals surface area contributed by atoms with E-state index < -0.39 is 10.0 Å². The number of carbonyl (C=O) groups excluding carboxylic acids is 1. The van der Waals surface area contributed by atoms with Gasteiger partial charge in [-0.3, -0.25) is 4.79 Å². The molecule has 0 saturated heterocycles. The average molecular weight is 366 g/mol. The molecule has 3 rings (SSSR count). The largest absolute Gasteiger partial charge is 0.496 e. The summed E-state index contributed by atoms with van der Waals surface area (Å²) in [5.74, 6) is 1.11. The van der Waals surface area contributed by atoms with E-state index in [2.05, 4.69) is 10.0 Å². The SMILES string of the molecule is COc1ccc(S(=O)(=O)N[C@H]2C[C@@H]3CC[C@@H]2C3)cc1C(=O)NC(C)C. The summed E-state index contributed by atoms with van der Waals surface area (Å²) in [7, 11) is -2.20. The van der Waals surface area contributed by atoms with Crippen molar-refractivity contribution in [2.75, 3.05) is 7.11 Å². The van der Waals surface area contributed by atoms with Crippen LogP contribution in [0.25, 0.3) is 0 Å². The van der Waals surface area contributed by atoms with E-state index in [1.54, 1.807) is 0 Å². The third kappa shape index (κ3) is 3.82. The number of fused-ring (bicyclic) bond motifs is 2. The van der Waals surface area contributed by atoms with Gasteiger partial charge in [-0.1, -0.05) is 6.42 Å². The maximum Gasteiger partial charge on any atom is 0.255 e. The molecule has 0 unspecified atom stereocenters. The average Bonchev–Trinajstić information content (AvgIpc) is 3.15. The van der Waals surface area contributed by atoms with E-state index in [9.17, 15) is 13.2 Å². The number of amides is 1. The van der Waals surface area contributed by atoms with Gasteiger partial charge in [-0.05, 0) is 63.1 Å². The quantitative estimate of drug-likeness (QED) is 0.809. The first-order valence-corrected chi connectivity index (χ1v) is 10.3. The van der Waals surface area contributed by atoms with Gasteiger partial charge < -0.3 is 10.1 Å². The molecule has 6 nitrogen and oxygen atoms in total. The van der Waals surface area contributed by atoms with Crippen molar-refractivity contribution < 1.29 is 17.9 Å². The Morgan fingerprint density at radius 3 is 2.56 bits per heavy atom. The summed E-state index contributed by atoms with van der Waals surface area (Å²) < 4.78 is 33.6. The summed E-state index contributed by atoms with van der Waals surface area (Å²) in [5, 5.41) is 2.77. The predicted octanol–water partition coefficient (Wildman–Crippen LogP) is 2.30. The van der Waals surface area contributed by atoms with Crippen LogP contribution >= 0.6 is 0 Å². The molecular weight excluding hydrogens is 340 g/mol. The summed E-state index contributed by atoms with van der Waals surface area (Å²) in [4.78, 5) is 12.5. The van der Waals surface area contributed by atoms with Crippen LogP contribution in [0.3, 0.4) is 0 Å². The van der Waals surface area contributed by atoms with Crippen molar-refractivity contribution in [3.05, 3.63) is 23.8 Å². The monoisotopic (exact) mass is 366 g/mol. The molecule has 2 N–H and O–H groups in total. The Morgan fingerprint density at radius 2 is 2.00 bits per heavy atom. The first-order valence-electron chi connectivity index (χ1n) is 8.81. The lowest BCUT2D eigenvalue weighted by Gasteiger charge is -2.23. The van der Waals surface area contributed by atoms with Gasteiger partial charge in [-0.25, -0.2) is 13.1 Å². The van der Waals surface area contributed by atoms with Gasteiger partial charge in [-0.15, -0.1) is 0 Å². The Kier molecular flexibility index (Phi) is 5.06. The van der Waals surface area contributed by atoms with Crippen molar-refractivity contribution in [2.24, 2.45) is 11.8 Å². The fourth-order valence-corrected chi connectivity index (χ4v) is 5.37. The number of hydrogen-bond donors (Lipinski definition) is 2. The zero-order chi connectivity index (χ0) is 18.2. The zero-order valence-electron chi connectivity index (χ0n) is 14.9. The van der Waals surface area contributed by atoms with E-state index in [-0.39, 0.29) is 28.4 Å². The van der Waals surface area contributed by atoms with E-state index in [1.807, 2.05) is 13.8 Å². The van der Waals surface area contributed by atoms with E-state index in [0.717, 1.165) is 19.3 Å². The molecule has 0 aliphatic heterocycles. The lowest BCUT2D eigenvalue weighted by atomic mass is 9.96. The molecule has 0 aromatic heterocycles. The van der Waals surface area contributed by atoms with Gasteiger partial charge in [0.1, 0.15) is 5.75 Å². The van der Waals surface area contributed by atoms with Crippen LogP contribution < -0.4 is 14.8 Å². The Balaban J connectivity index is 1.84. The molecule has 7 heteroatoms. The molecule has 0 radical (unpaired) electrons. The van der Waals surface area contributed by atoms with Gasteiger partial charge in [0.2, 0.25) is 10.0 Å². The third-order valence-corrected chi connectivity index (χ3v) is 6.68. The molecule has 2 saturated carbocycles. The van der Waals surface area contributed by atoms with Gasteiger partial charge in [0.25, 0.3) is 5.91 Å². The highest BCUT2D eigenvalue weighted by atomic mass is 32.2. The minimum absolute atomic E-state index is 0.0128. The smallest absolute Gasteiger partial charge is 0.255 e. The van der Waals surface area contributed by atoms with Crippen molar-refractivity contribution >= 4 is 15.9 Å². The summed E-state index contributed by atoms with van der Waals surface area (Å²) in [6.45, 7) is 3.70. The number of benzene rings is 1. The van der Waals surface area contributed by atoms with Crippen molar-refractivity contribution in [1.82, 2.24) is 10.0 Å². The van der Waals surface area contributed by atoms with E-state index >= 15 is 0 Å². The standard InChI is InChI=1S/C18H26N2O4S/c1-11(2)19-18(21)15-10-14(6-7-17(15)24-3)25(22,23)20-16-9-12-4-5-13(16)8-12/h6-7,10-13,16,20H,4-5,8-9H2,1-3H3,(H,19,21)/t12-,13-,16+/m1/s1. The Morgan fingerprint density at radius 1 is 1.24 bits per heavy atom. The first-order chi connectivity index (χ1) is 11.8.